The number of hydrogen-bond acceptors (Lipinski definition) is 3. The Morgan fingerprint density at radius 2 is 1.76 bits per heavy atom. The van der Waals surface area contributed by atoms with E-state index in [2.05, 4.69) is 5.32 Å². The van der Waals surface area contributed by atoms with Crippen LogP contribution in [0, 0.1) is 0 Å². The molecule has 5 nitrogen and oxygen atoms in total. The second-order valence-corrected chi connectivity index (χ2v) is 9.63. The Bertz CT molecular complexity index is 930. The van der Waals surface area contributed by atoms with Crippen molar-refractivity contribution in [3.63, 3.8) is 0 Å². The molecule has 2 amide bonds. The zero-order valence-corrected chi connectivity index (χ0v) is 21.3. The van der Waals surface area contributed by atoms with Gasteiger partial charge < -0.3 is 15.0 Å². The molecule has 1 atom stereocenters. The van der Waals surface area contributed by atoms with Gasteiger partial charge in [0.2, 0.25) is 11.8 Å². The largest absolute Gasteiger partial charge is 0.494 e. The van der Waals surface area contributed by atoms with Crippen LogP contribution in [0.5, 0.6) is 5.75 Å². The molecule has 2 aromatic carbocycles. The van der Waals surface area contributed by atoms with Gasteiger partial charge in [-0.3, -0.25) is 9.59 Å². The number of ether oxygens (including phenoxy) is 1. The molecule has 7 heteroatoms. The van der Waals surface area contributed by atoms with E-state index in [1.165, 1.54) is 6.42 Å². The fraction of sp³-hybridized carbons (Fsp3) is 0.481. The van der Waals surface area contributed by atoms with E-state index >= 15 is 0 Å². The van der Waals surface area contributed by atoms with Gasteiger partial charge in [-0.25, -0.2) is 0 Å². The van der Waals surface area contributed by atoms with E-state index in [4.69, 9.17) is 27.9 Å². The highest BCUT2D eigenvalue weighted by atomic mass is 35.5. The lowest BCUT2D eigenvalue weighted by Gasteiger charge is -2.33. The van der Waals surface area contributed by atoms with Crippen molar-refractivity contribution in [1.29, 1.82) is 0 Å². The molecule has 0 radical (unpaired) electrons. The number of nitrogens with one attached hydrogen (secondary N) is 1. The van der Waals surface area contributed by atoms with E-state index in [0.717, 1.165) is 31.2 Å². The predicted molar refractivity (Wildman–Crippen MR) is 137 cm³/mol. The summed E-state index contributed by atoms with van der Waals surface area (Å²) in [7, 11) is 0. The molecule has 0 aromatic heterocycles. The molecule has 2 aromatic rings. The van der Waals surface area contributed by atoms with Crippen LogP contribution in [0.2, 0.25) is 10.0 Å². The highest BCUT2D eigenvalue weighted by Gasteiger charge is 2.30. The molecule has 1 aliphatic rings. The molecule has 0 bridgehead atoms. The fourth-order valence-electron chi connectivity index (χ4n) is 4.36. The maximum Gasteiger partial charge on any atom is 0.243 e. The molecule has 184 valence electrons. The molecule has 34 heavy (non-hydrogen) atoms. The van der Waals surface area contributed by atoms with Gasteiger partial charge in [0.15, 0.2) is 0 Å². The maximum atomic E-state index is 13.3. The lowest BCUT2D eigenvalue weighted by atomic mass is 9.95. The second kappa shape index (κ2) is 13.6. The van der Waals surface area contributed by atoms with E-state index < -0.39 is 6.04 Å². The van der Waals surface area contributed by atoms with Crippen LogP contribution in [0.25, 0.3) is 0 Å². The summed E-state index contributed by atoms with van der Waals surface area (Å²) >= 11 is 12.3. The minimum atomic E-state index is -0.539. The van der Waals surface area contributed by atoms with E-state index in [-0.39, 0.29) is 24.3 Å². The van der Waals surface area contributed by atoms with Crippen LogP contribution in [-0.2, 0) is 16.1 Å². The van der Waals surface area contributed by atoms with Gasteiger partial charge in [-0.05, 0) is 61.6 Å². The Balaban J connectivity index is 1.65. The van der Waals surface area contributed by atoms with Crippen LogP contribution in [0.1, 0.15) is 63.9 Å². The van der Waals surface area contributed by atoms with Gasteiger partial charge in [0.25, 0.3) is 0 Å². The number of rotatable bonds is 11. The first kappa shape index (κ1) is 26.4. The molecule has 0 aliphatic heterocycles. The topological polar surface area (TPSA) is 58.6 Å². The first-order valence-corrected chi connectivity index (χ1v) is 12.9. The number of nitrogens with zero attached hydrogens (tertiary/aromatic N) is 1. The molecular weight excluding hydrogens is 471 g/mol. The van der Waals surface area contributed by atoms with E-state index in [0.29, 0.717) is 41.8 Å². The van der Waals surface area contributed by atoms with Gasteiger partial charge in [0.1, 0.15) is 11.8 Å². The maximum absolute atomic E-state index is 13.3. The van der Waals surface area contributed by atoms with Gasteiger partial charge in [-0.2, -0.15) is 0 Å². The summed E-state index contributed by atoms with van der Waals surface area (Å²) in [6, 6.07) is 14.3. The van der Waals surface area contributed by atoms with Crippen LogP contribution >= 0.6 is 23.2 Å². The third-order valence-electron chi connectivity index (χ3n) is 6.25. The predicted octanol–water partition coefficient (Wildman–Crippen LogP) is 6.41. The first-order chi connectivity index (χ1) is 16.5. The van der Waals surface area contributed by atoms with Gasteiger partial charge in [0, 0.05) is 29.1 Å². The Morgan fingerprint density at radius 1 is 1.06 bits per heavy atom. The lowest BCUT2D eigenvalue weighted by Crippen LogP contribution is -2.51. The molecule has 3 rings (SSSR count). The zero-order chi connectivity index (χ0) is 24.3. The highest BCUT2D eigenvalue weighted by Crippen LogP contribution is 2.22. The average molecular weight is 505 g/mol. The smallest absolute Gasteiger partial charge is 0.243 e. The van der Waals surface area contributed by atoms with Crippen molar-refractivity contribution in [2.75, 3.05) is 6.61 Å². The number of carbonyl (C=O) groups excluding carboxylic acids is 2. The summed E-state index contributed by atoms with van der Waals surface area (Å²) in [5.41, 5.74) is 0.832. The number of amides is 2. The van der Waals surface area contributed by atoms with E-state index in [9.17, 15) is 9.59 Å². The van der Waals surface area contributed by atoms with Gasteiger partial charge in [0.05, 0.1) is 6.61 Å². The van der Waals surface area contributed by atoms with Crippen molar-refractivity contribution in [3.05, 3.63) is 64.1 Å². The van der Waals surface area contributed by atoms with Crippen LogP contribution < -0.4 is 10.1 Å². The van der Waals surface area contributed by atoms with Crippen LogP contribution in [0.3, 0.4) is 0 Å². The molecule has 0 heterocycles. The van der Waals surface area contributed by atoms with Crippen molar-refractivity contribution >= 4 is 35.0 Å². The summed E-state index contributed by atoms with van der Waals surface area (Å²) in [6.07, 6.45) is 6.86. The Hall–Kier alpha value is -2.24. The van der Waals surface area contributed by atoms with Gasteiger partial charge in [-0.1, -0.05) is 67.6 Å². The van der Waals surface area contributed by atoms with Crippen molar-refractivity contribution in [1.82, 2.24) is 10.2 Å². The quantitative estimate of drug-likeness (QED) is 0.359. The highest BCUT2D eigenvalue weighted by molar-refractivity contribution is 6.31. The summed E-state index contributed by atoms with van der Waals surface area (Å²) in [4.78, 5) is 28.3. The summed E-state index contributed by atoms with van der Waals surface area (Å²) in [6.45, 7) is 2.65. The molecule has 1 fully saturated rings. The standard InChI is InChI=1S/C27H34Cl2N2O3/c1-2-25(27(33)30-22-10-4-3-5-11-22)31(19-20-9-6-7-12-24(20)29)26(32)13-8-18-34-23-16-14-21(28)15-17-23/h6-7,9,12,14-17,22,25H,2-5,8,10-11,13,18-19H2,1H3,(H,30,33)/t25-/m1/s1. The molecule has 0 saturated heterocycles. The van der Waals surface area contributed by atoms with E-state index in [1.807, 2.05) is 31.2 Å². The average Bonchev–Trinajstić information content (AvgIpc) is 2.84. The van der Waals surface area contributed by atoms with Gasteiger partial charge in [-0.15, -0.1) is 0 Å². The second-order valence-electron chi connectivity index (χ2n) is 8.79. The zero-order valence-electron chi connectivity index (χ0n) is 19.8. The third kappa shape index (κ3) is 7.92. The number of hydrogen-bond donors (Lipinski definition) is 1. The minimum Gasteiger partial charge on any atom is -0.494 e. The van der Waals surface area contributed by atoms with Crippen molar-refractivity contribution in [3.8, 4) is 5.75 Å². The molecule has 0 unspecified atom stereocenters. The first-order valence-electron chi connectivity index (χ1n) is 12.2. The normalized spacial score (nSPS) is 14.9. The number of benzene rings is 2. The van der Waals surface area contributed by atoms with E-state index in [1.54, 1.807) is 29.2 Å². The monoisotopic (exact) mass is 504 g/mol. The molecule has 1 N–H and O–H groups in total. The molecule has 0 spiro atoms. The summed E-state index contributed by atoms with van der Waals surface area (Å²) in [5.74, 6) is 0.556. The third-order valence-corrected chi connectivity index (χ3v) is 6.87. The SMILES string of the molecule is CC[C@H](C(=O)NC1CCCCC1)N(Cc1ccccc1Cl)C(=O)CCCOc1ccc(Cl)cc1. The Kier molecular flexibility index (Phi) is 10.5. The lowest BCUT2D eigenvalue weighted by molar-refractivity contribution is -0.142. The number of carbonyl (C=O) groups is 2. The Labute approximate surface area is 212 Å². The van der Waals surface area contributed by atoms with Crippen LogP contribution in [-0.4, -0.2) is 35.4 Å². The van der Waals surface area contributed by atoms with Crippen LogP contribution in [0.4, 0.5) is 0 Å². The number of halogens is 2. The molecule has 1 saturated carbocycles. The van der Waals surface area contributed by atoms with Crippen LogP contribution in [0.15, 0.2) is 48.5 Å². The summed E-state index contributed by atoms with van der Waals surface area (Å²) < 4.78 is 5.73. The van der Waals surface area contributed by atoms with Crippen molar-refractivity contribution in [2.24, 2.45) is 0 Å². The molecule has 1 aliphatic carbocycles. The van der Waals surface area contributed by atoms with Crippen molar-refractivity contribution < 1.29 is 14.3 Å². The fourth-order valence-corrected chi connectivity index (χ4v) is 4.68. The minimum absolute atomic E-state index is 0.0767. The summed E-state index contributed by atoms with van der Waals surface area (Å²) in [5, 5.41) is 4.44. The molecular formula is C27H34Cl2N2O3. The van der Waals surface area contributed by atoms with Crippen molar-refractivity contribution in [2.45, 2.75) is 76.9 Å². The Morgan fingerprint density at radius 3 is 2.44 bits per heavy atom. The van der Waals surface area contributed by atoms with Gasteiger partial charge >= 0.3 is 0 Å².